The molecule has 0 bridgehead atoms. The average molecular weight is 402 g/mol. The Morgan fingerprint density at radius 3 is 2.57 bits per heavy atom. The van der Waals surface area contributed by atoms with E-state index in [4.69, 9.17) is 0 Å². The van der Waals surface area contributed by atoms with Gasteiger partial charge < -0.3 is 20.4 Å². The molecule has 8 nitrogen and oxygen atoms in total. The molecule has 0 atom stereocenters. The lowest BCUT2D eigenvalue weighted by Crippen LogP contribution is -2.50. The Morgan fingerprint density at radius 1 is 1.14 bits per heavy atom. The number of carbonyl (C=O) groups is 1. The van der Waals surface area contributed by atoms with Gasteiger partial charge in [0.05, 0.1) is 0 Å². The third-order valence-electron chi connectivity index (χ3n) is 4.57. The van der Waals surface area contributed by atoms with Crippen molar-refractivity contribution in [3.05, 3.63) is 40.8 Å². The third-order valence-corrected chi connectivity index (χ3v) is 5.50. The minimum absolute atomic E-state index is 0.162. The predicted molar refractivity (Wildman–Crippen MR) is 113 cm³/mol. The summed E-state index contributed by atoms with van der Waals surface area (Å²) in [6.45, 7) is 4.30. The highest BCUT2D eigenvalue weighted by Crippen LogP contribution is 2.10. The Labute approximate surface area is 169 Å². The molecule has 3 heterocycles. The molecular weight excluding hydrogens is 374 g/mol. The summed E-state index contributed by atoms with van der Waals surface area (Å²) in [5.74, 6) is 1.62. The number of hydrogen-bond donors (Lipinski definition) is 2. The van der Waals surface area contributed by atoms with E-state index in [9.17, 15) is 4.79 Å². The highest BCUT2D eigenvalue weighted by Gasteiger charge is 2.22. The van der Waals surface area contributed by atoms with Crippen LogP contribution in [0.5, 0.6) is 0 Å². The second-order valence-corrected chi connectivity index (χ2v) is 7.45. The highest BCUT2D eigenvalue weighted by atomic mass is 32.1. The Hall–Kier alpha value is -2.68. The molecule has 0 radical (unpaired) electrons. The number of guanidine groups is 1. The van der Waals surface area contributed by atoms with Crippen LogP contribution in [-0.4, -0.2) is 73.1 Å². The molecule has 2 aromatic rings. The smallest absolute Gasteiger partial charge is 0.225 e. The van der Waals surface area contributed by atoms with Gasteiger partial charge >= 0.3 is 0 Å². The molecule has 1 amide bonds. The first-order valence-corrected chi connectivity index (χ1v) is 10.4. The van der Waals surface area contributed by atoms with Gasteiger partial charge in [0.1, 0.15) is 0 Å². The van der Waals surface area contributed by atoms with E-state index in [0.29, 0.717) is 26.1 Å². The van der Waals surface area contributed by atoms with Gasteiger partial charge in [0.2, 0.25) is 11.9 Å². The monoisotopic (exact) mass is 401 g/mol. The van der Waals surface area contributed by atoms with Crippen LogP contribution in [0.2, 0.25) is 0 Å². The summed E-state index contributed by atoms with van der Waals surface area (Å²) in [5.41, 5.74) is 0. The molecule has 1 saturated heterocycles. The quantitative estimate of drug-likeness (QED) is 0.532. The summed E-state index contributed by atoms with van der Waals surface area (Å²) < 4.78 is 0. The molecule has 0 aliphatic carbocycles. The molecule has 0 unspecified atom stereocenters. The number of amides is 1. The van der Waals surface area contributed by atoms with Crippen LogP contribution in [-0.2, 0) is 11.2 Å². The fourth-order valence-corrected chi connectivity index (χ4v) is 3.74. The van der Waals surface area contributed by atoms with Crippen molar-refractivity contribution >= 4 is 29.2 Å². The van der Waals surface area contributed by atoms with Gasteiger partial charge in [0.15, 0.2) is 5.96 Å². The van der Waals surface area contributed by atoms with E-state index in [-0.39, 0.29) is 5.91 Å². The fourth-order valence-electron chi connectivity index (χ4n) is 3.04. The van der Waals surface area contributed by atoms with Crippen LogP contribution in [0.25, 0.3) is 0 Å². The van der Waals surface area contributed by atoms with Crippen molar-refractivity contribution in [3.63, 3.8) is 0 Å². The van der Waals surface area contributed by atoms with E-state index in [0.717, 1.165) is 38.0 Å². The Balaban J connectivity index is 1.32. The SMILES string of the molecule is CN=C(NCCC(=O)N1CCN(c2ncccn2)CC1)NCCc1cccs1. The van der Waals surface area contributed by atoms with Crippen molar-refractivity contribution in [1.29, 1.82) is 0 Å². The Bertz CT molecular complexity index is 743. The molecule has 0 aromatic carbocycles. The molecule has 3 rings (SSSR count). The zero-order valence-electron chi connectivity index (χ0n) is 16.2. The standard InChI is InChI=1S/C19H27N7OS/c1-20-18(21-9-5-16-4-2-15-28-16)22-10-6-17(27)25-11-13-26(14-12-25)19-23-7-3-8-24-19/h2-4,7-8,15H,5-6,9-14H2,1H3,(H2,20,21,22). The Kier molecular flexibility index (Phi) is 7.60. The van der Waals surface area contributed by atoms with Gasteiger partial charge in [-0.2, -0.15) is 0 Å². The maximum Gasteiger partial charge on any atom is 0.225 e. The lowest BCUT2D eigenvalue weighted by molar-refractivity contribution is -0.131. The highest BCUT2D eigenvalue weighted by molar-refractivity contribution is 7.09. The maximum atomic E-state index is 12.5. The lowest BCUT2D eigenvalue weighted by atomic mass is 10.3. The molecule has 1 aliphatic rings. The number of thiophene rings is 1. The number of piperazine rings is 1. The van der Waals surface area contributed by atoms with Crippen LogP contribution in [0.4, 0.5) is 5.95 Å². The molecule has 28 heavy (non-hydrogen) atoms. The summed E-state index contributed by atoms with van der Waals surface area (Å²) >= 11 is 1.76. The number of aliphatic imine (C=N–C) groups is 1. The van der Waals surface area contributed by atoms with E-state index >= 15 is 0 Å². The second kappa shape index (κ2) is 10.6. The van der Waals surface area contributed by atoms with Crippen LogP contribution in [0.15, 0.2) is 41.0 Å². The number of rotatable bonds is 7. The van der Waals surface area contributed by atoms with E-state index in [1.807, 2.05) is 4.90 Å². The second-order valence-electron chi connectivity index (χ2n) is 6.42. The van der Waals surface area contributed by atoms with E-state index < -0.39 is 0 Å². The van der Waals surface area contributed by atoms with Crippen LogP contribution < -0.4 is 15.5 Å². The minimum Gasteiger partial charge on any atom is -0.356 e. The van der Waals surface area contributed by atoms with E-state index in [2.05, 4.69) is 48.0 Å². The number of nitrogens with one attached hydrogen (secondary N) is 2. The lowest BCUT2D eigenvalue weighted by Gasteiger charge is -2.34. The number of carbonyl (C=O) groups excluding carboxylic acids is 1. The number of nitrogens with zero attached hydrogens (tertiary/aromatic N) is 5. The molecule has 150 valence electrons. The van der Waals surface area contributed by atoms with Crippen molar-refractivity contribution in [1.82, 2.24) is 25.5 Å². The molecule has 0 spiro atoms. The molecule has 1 aliphatic heterocycles. The number of aromatic nitrogens is 2. The van der Waals surface area contributed by atoms with Crippen molar-refractivity contribution < 1.29 is 4.79 Å². The Morgan fingerprint density at radius 2 is 1.89 bits per heavy atom. The summed E-state index contributed by atoms with van der Waals surface area (Å²) in [7, 11) is 1.74. The van der Waals surface area contributed by atoms with Crippen molar-refractivity contribution in [2.24, 2.45) is 4.99 Å². The van der Waals surface area contributed by atoms with Crippen LogP contribution in [0.1, 0.15) is 11.3 Å². The predicted octanol–water partition coefficient (Wildman–Crippen LogP) is 0.985. The van der Waals surface area contributed by atoms with E-state index in [1.165, 1.54) is 4.88 Å². The van der Waals surface area contributed by atoms with Crippen LogP contribution >= 0.6 is 11.3 Å². The molecule has 2 aromatic heterocycles. The zero-order chi connectivity index (χ0) is 19.6. The van der Waals surface area contributed by atoms with Gasteiger partial charge in [-0.1, -0.05) is 6.07 Å². The van der Waals surface area contributed by atoms with Gasteiger partial charge in [-0.3, -0.25) is 9.79 Å². The third kappa shape index (κ3) is 5.91. The maximum absolute atomic E-state index is 12.5. The summed E-state index contributed by atoms with van der Waals surface area (Å²) in [5, 5.41) is 8.59. The normalized spacial score (nSPS) is 14.8. The molecule has 1 fully saturated rings. The number of hydrogen-bond acceptors (Lipinski definition) is 6. The molecule has 0 saturated carbocycles. The van der Waals surface area contributed by atoms with Gasteiger partial charge in [-0.25, -0.2) is 9.97 Å². The van der Waals surface area contributed by atoms with Crippen LogP contribution in [0.3, 0.4) is 0 Å². The zero-order valence-corrected chi connectivity index (χ0v) is 17.0. The first-order valence-electron chi connectivity index (χ1n) is 9.53. The van der Waals surface area contributed by atoms with Gasteiger partial charge in [0, 0.05) is 70.0 Å². The van der Waals surface area contributed by atoms with Gasteiger partial charge in [0.25, 0.3) is 0 Å². The first kappa shape index (κ1) is 20.1. The van der Waals surface area contributed by atoms with Gasteiger partial charge in [-0.05, 0) is 23.9 Å². The average Bonchev–Trinajstić information content (AvgIpc) is 3.27. The van der Waals surface area contributed by atoms with Crippen LogP contribution in [0, 0.1) is 0 Å². The van der Waals surface area contributed by atoms with Crippen molar-refractivity contribution in [3.8, 4) is 0 Å². The molecule has 2 N–H and O–H groups in total. The topological polar surface area (TPSA) is 85.8 Å². The fraction of sp³-hybridized carbons (Fsp3) is 0.474. The summed E-state index contributed by atoms with van der Waals surface area (Å²) in [6.07, 6.45) is 4.90. The molecule has 9 heteroatoms. The largest absolute Gasteiger partial charge is 0.356 e. The van der Waals surface area contributed by atoms with E-state index in [1.54, 1.807) is 36.8 Å². The first-order chi connectivity index (χ1) is 13.8. The minimum atomic E-state index is 0.162. The van der Waals surface area contributed by atoms with Crippen molar-refractivity contribution in [2.75, 3.05) is 51.2 Å². The molecular formula is C19H27N7OS. The number of anilines is 1. The summed E-state index contributed by atoms with van der Waals surface area (Å²) in [4.78, 5) is 30.6. The van der Waals surface area contributed by atoms with Gasteiger partial charge in [-0.15, -0.1) is 11.3 Å². The summed E-state index contributed by atoms with van der Waals surface area (Å²) in [6, 6.07) is 6.00. The van der Waals surface area contributed by atoms with Crippen molar-refractivity contribution in [2.45, 2.75) is 12.8 Å².